The van der Waals surface area contributed by atoms with Gasteiger partial charge in [-0.15, -0.1) is 0 Å². The molecule has 0 aliphatic carbocycles. The molecule has 0 fully saturated rings. The number of amides is 2. The van der Waals surface area contributed by atoms with Crippen molar-refractivity contribution in [1.82, 2.24) is 15.1 Å². The fraction of sp³-hybridized carbons (Fsp3) is 0.278. The summed E-state index contributed by atoms with van der Waals surface area (Å²) in [5, 5.41) is 6.87. The average Bonchev–Trinajstić information content (AvgIpc) is 2.97. The maximum Gasteiger partial charge on any atom is 0.257 e. The highest BCUT2D eigenvalue weighted by Gasteiger charge is 2.35. The number of nitrogens with one attached hydrogen (secondary N) is 1. The maximum absolute atomic E-state index is 12.9. The van der Waals surface area contributed by atoms with Crippen LogP contribution in [0.4, 0.5) is 0 Å². The third-order valence-corrected chi connectivity index (χ3v) is 4.31. The quantitative estimate of drug-likeness (QED) is 0.884. The molecule has 0 atom stereocenters. The lowest BCUT2D eigenvalue weighted by atomic mass is 9.84. The third-order valence-electron chi connectivity index (χ3n) is 4.31. The van der Waals surface area contributed by atoms with E-state index in [0.29, 0.717) is 17.8 Å². The molecule has 1 aliphatic rings. The molecule has 1 aromatic heterocycles. The lowest BCUT2D eigenvalue weighted by Gasteiger charge is -2.28. The molecule has 0 spiro atoms. The maximum atomic E-state index is 12.9. The van der Waals surface area contributed by atoms with E-state index in [0.717, 1.165) is 11.1 Å². The Morgan fingerprint density at radius 3 is 2.54 bits per heavy atom. The van der Waals surface area contributed by atoms with Crippen LogP contribution in [-0.2, 0) is 10.2 Å². The minimum atomic E-state index is -0.597. The van der Waals surface area contributed by atoms with Gasteiger partial charge in [0.25, 0.3) is 11.8 Å². The second-order valence-corrected chi connectivity index (χ2v) is 6.75. The van der Waals surface area contributed by atoms with Gasteiger partial charge in [0.1, 0.15) is 0 Å². The Balaban J connectivity index is 2.07. The number of aryl methyl sites for hydroxylation is 1. The minimum Gasteiger partial charge on any atom is -0.365 e. The number of benzene rings is 1. The molecule has 2 heterocycles. The molecule has 0 saturated heterocycles. The van der Waals surface area contributed by atoms with Crippen molar-refractivity contribution in [3.63, 3.8) is 0 Å². The highest BCUT2D eigenvalue weighted by Crippen LogP contribution is 2.34. The molecule has 24 heavy (non-hydrogen) atoms. The number of hydrogen-bond donors (Lipinski definition) is 2. The van der Waals surface area contributed by atoms with Gasteiger partial charge in [0.2, 0.25) is 0 Å². The van der Waals surface area contributed by atoms with Crippen molar-refractivity contribution in [2.75, 3.05) is 6.54 Å². The van der Waals surface area contributed by atoms with Gasteiger partial charge in [-0.25, -0.2) is 0 Å². The van der Waals surface area contributed by atoms with Gasteiger partial charge in [-0.2, -0.15) is 5.10 Å². The summed E-state index contributed by atoms with van der Waals surface area (Å²) in [6, 6.07) is 7.35. The molecule has 0 saturated carbocycles. The van der Waals surface area contributed by atoms with Gasteiger partial charge in [0, 0.05) is 29.3 Å². The van der Waals surface area contributed by atoms with Crippen LogP contribution < -0.4 is 5.73 Å². The van der Waals surface area contributed by atoms with Crippen LogP contribution in [0.2, 0.25) is 0 Å². The number of carbonyl (C=O) groups excluding carboxylic acids is 2. The molecule has 2 amide bonds. The van der Waals surface area contributed by atoms with Crippen LogP contribution in [0.25, 0.3) is 5.57 Å². The van der Waals surface area contributed by atoms with E-state index in [1.54, 1.807) is 23.2 Å². The number of nitrogens with zero attached hydrogens (tertiary/aromatic N) is 2. The van der Waals surface area contributed by atoms with Gasteiger partial charge in [-0.3, -0.25) is 14.7 Å². The Labute approximate surface area is 140 Å². The van der Waals surface area contributed by atoms with E-state index in [-0.39, 0.29) is 16.9 Å². The molecule has 1 aromatic carbocycles. The molecule has 3 N–H and O–H groups in total. The average molecular weight is 324 g/mol. The summed E-state index contributed by atoms with van der Waals surface area (Å²) in [6.45, 7) is 6.40. The van der Waals surface area contributed by atoms with Gasteiger partial charge >= 0.3 is 0 Å². The van der Waals surface area contributed by atoms with Gasteiger partial charge < -0.3 is 10.6 Å². The van der Waals surface area contributed by atoms with Crippen molar-refractivity contribution >= 4 is 17.4 Å². The fourth-order valence-electron chi connectivity index (χ4n) is 2.96. The third kappa shape index (κ3) is 2.71. The Morgan fingerprint density at radius 1 is 1.25 bits per heavy atom. The Bertz CT molecular complexity index is 831. The lowest BCUT2D eigenvalue weighted by Crippen LogP contribution is -2.36. The second-order valence-electron chi connectivity index (χ2n) is 6.75. The summed E-state index contributed by atoms with van der Waals surface area (Å²) < 4.78 is 0. The number of aromatic amines is 1. The van der Waals surface area contributed by atoms with Crippen molar-refractivity contribution < 1.29 is 9.59 Å². The first kappa shape index (κ1) is 16.0. The van der Waals surface area contributed by atoms with E-state index in [9.17, 15) is 9.59 Å². The van der Waals surface area contributed by atoms with E-state index in [1.807, 2.05) is 32.9 Å². The number of primary amides is 1. The van der Waals surface area contributed by atoms with Gasteiger partial charge in [-0.1, -0.05) is 31.5 Å². The minimum absolute atomic E-state index is 0.167. The smallest absolute Gasteiger partial charge is 0.257 e. The first-order valence-corrected chi connectivity index (χ1v) is 7.73. The van der Waals surface area contributed by atoms with Gasteiger partial charge in [0.15, 0.2) is 0 Å². The number of H-pyrrole nitrogens is 1. The Morgan fingerprint density at radius 2 is 1.92 bits per heavy atom. The van der Waals surface area contributed by atoms with Crippen LogP contribution >= 0.6 is 0 Å². The van der Waals surface area contributed by atoms with Crippen molar-refractivity contribution in [3.8, 4) is 0 Å². The molecule has 124 valence electrons. The lowest BCUT2D eigenvalue weighted by molar-refractivity contribution is -0.112. The zero-order valence-electron chi connectivity index (χ0n) is 14.0. The van der Waals surface area contributed by atoms with E-state index in [1.165, 1.54) is 6.20 Å². The highest BCUT2D eigenvalue weighted by molar-refractivity contribution is 6.19. The van der Waals surface area contributed by atoms with Crippen LogP contribution in [-0.4, -0.2) is 33.5 Å². The molecule has 6 nitrogen and oxygen atoms in total. The number of carbonyl (C=O) groups is 2. The molecule has 3 rings (SSSR count). The van der Waals surface area contributed by atoms with Crippen molar-refractivity contribution in [1.29, 1.82) is 0 Å². The monoisotopic (exact) mass is 324 g/mol. The van der Waals surface area contributed by atoms with Crippen molar-refractivity contribution in [2.24, 2.45) is 5.73 Å². The fourth-order valence-corrected chi connectivity index (χ4v) is 2.96. The van der Waals surface area contributed by atoms with Crippen LogP contribution in [0.15, 0.2) is 36.7 Å². The normalized spacial score (nSPS) is 16.1. The largest absolute Gasteiger partial charge is 0.365 e. The first-order chi connectivity index (χ1) is 11.3. The molecular formula is C18H20N4O2. The molecule has 2 aromatic rings. The summed E-state index contributed by atoms with van der Waals surface area (Å²) in [5.41, 5.74) is 8.50. The summed E-state index contributed by atoms with van der Waals surface area (Å²) in [4.78, 5) is 26.3. The predicted molar refractivity (Wildman–Crippen MR) is 91.0 cm³/mol. The van der Waals surface area contributed by atoms with Crippen LogP contribution in [0, 0.1) is 6.92 Å². The Hall–Kier alpha value is -2.89. The van der Waals surface area contributed by atoms with Crippen LogP contribution in [0.3, 0.4) is 0 Å². The number of hydrogen-bond acceptors (Lipinski definition) is 3. The highest BCUT2D eigenvalue weighted by atomic mass is 16.2. The molecule has 0 bridgehead atoms. The first-order valence-electron chi connectivity index (χ1n) is 7.73. The van der Waals surface area contributed by atoms with Crippen molar-refractivity contribution in [3.05, 3.63) is 59.0 Å². The summed E-state index contributed by atoms with van der Waals surface area (Å²) in [7, 11) is 0. The topological polar surface area (TPSA) is 92.1 Å². The number of nitrogens with two attached hydrogens (primary N) is 1. The molecule has 0 radical (unpaired) electrons. The number of rotatable bonds is 2. The summed E-state index contributed by atoms with van der Waals surface area (Å²) in [5.74, 6) is -0.764. The predicted octanol–water partition coefficient (Wildman–Crippen LogP) is 1.98. The Kier molecular flexibility index (Phi) is 3.75. The van der Waals surface area contributed by atoms with Gasteiger partial charge in [0.05, 0.1) is 17.5 Å². The number of aromatic nitrogens is 2. The zero-order valence-corrected chi connectivity index (χ0v) is 14.0. The summed E-state index contributed by atoms with van der Waals surface area (Å²) >= 11 is 0. The van der Waals surface area contributed by atoms with Crippen LogP contribution in [0.1, 0.15) is 41.0 Å². The van der Waals surface area contributed by atoms with E-state index >= 15 is 0 Å². The van der Waals surface area contributed by atoms with E-state index in [2.05, 4.69) is 10.2 Å². The van der Waals surface area contributed by atoms with E-state index in [4.69, 9.17) is 5.73 Å². The SMILES string of the molecule is Cc1ccc(C(=O)N2C=C(C(N)=O)c3[nH]ncc3C(C)(C)C2)cc1. The van der Waals surface area contributed by atoms with Gasteiger partial charge in [-0.05, 0) is 19.1 Å². The molecular weight excluding hydrogens is 304 g/mol. The van der Waals surface area contributed by atoms with Crippen molar-refractivity contribution in [2.45, 2.75) is 26.2 Å². The number of fused-ring (bicyclic) bond motifs is 1. The second kappa shape index (κ2) is 5.63. The van der Waals surface area contributed by atoms with E-state index < -0.39 is 5.91 Å². The standard InChI is InChI=1S/C18H20N4O2/c1-11-4-6-12(7-5-11)17(24)22-9-13(16(19)23)15-14(8-20-21-15)18(2,3)10-22/h4-9H,10H2,1-3H3,(H2,19,23)(H,20,21). The summed E-state index contributed by atoms with van der Waals surface area (Å²) in [6.07, 6.45) is 3.21. The molecule has 1 aliphatic heterocycles. The zero-order chi connectivity index (χ0) is 17.5. The molecule has 0 unspecified atom stereocenters. The van der Waals surface area contributed by atoms with Crippen LogP contribution in [0.5, 0.6) is 0 Å². The molecule has 6 heteroatoms.